The van der Waals surface area contributed by atoms with Crippen LogP contribution in [0, 0.1) is 11.8 Å². The minimum atomic E-state index is -0.430. The molecule has 0 aromatic heterocycles. The molecule has 0 spiro atoms. The third-order valence-corrected chi connectivity index (χ3v) is 6.14. The lowest BCUT2D eigenvalue weighted by molar-refractivity contribution is -0.141. The summed E-state index contributed by atoms with van der Waals surface area (Å²) >= 11 is 0. The van der Waals surface area contributed by atoms with E-state index in [0.29, 0.717) is 41.8 Å². The van der Waals surface area contributed by atoms with Gasteiger partial charge in [0.1, 0.15) is 6.04 Å². The Hall–Kier alpha value is -2.44. The summed E-state index contributed by atoms with van der Waals surface area (Å²) in [6, 6.07) is 2.96. The number of benzene rings is 1. The SMILES string of the molecule is COc1cc(NC(=O)[C@H]2CCCN2C(=O)C2CCC(C)CC2)cc(OC)c1OC. The van der Waals surface area contributed by atoms with E-state index in [9.17, 15) is 9.59 Å². The van der Waals surface area contributed by atoms with Gasteiger partial charge in [0.2, 0.25) is 17.6 Å². The zero-order chi connectivity index (χ0) is 21.0. The number of amides is 2. The molecule has 1 saturated carbocycles. The Morgan fingerprint density at radius 2 is 1.59 bits per heavy atom. The van der Waals surface area contributed by atoms with Crippen molar-refractivity contribution in [1.82, 2.24) is 4.90 Å². The topological polar surface area (TPSA) is 77.1 Å². The average Bonchev–Trinajstić information content (AvgIpc) is 3.23. The third kappa shape index (κ3) is 4.60. The molecule has 29 heavy (non-hydrogen) atoms. The molecule has 0 radical (unpaired) electrons. The minimum Gasteiger partial charge on any atom is -0.493 e. The average molecular weight is 405 g/mol. The molecule has 2 fully saturated rings. The van der Waals surface area contributed by atoms with Gasteiger partial charge >= 0.3 is 0 Å². The number of methoxy groups -OCH3 is 3. The lowest BCUT2D eigenvalue weighted by Gasteiger charge is -2.31. The molecule has 3 rings (SSSR count). The Morgan fingerprint density at radius 3 is 2.14 bits per heavy atom. The molecule has 160 valence electrons. The van der Waals surface area contributed by atoms with E-state index in [-0.39, 0.29) is 17.7 Å². The van der Waals surface area contributed by atoms with Crippen molar-refractivity contribution < 1.29 is 23.8 Å². The standard InChI is InChI=1S/C22H32N2O5/c1-14-7-9-15(10-8-14)22(26)24-11-5-6-17(24)21(25)23-16-12-18(27-2)20(29-4)19(13-16)28-3/h12-15,17H,5-11H2,1-4H3,(H,23,25)/t14?,15?,17-/m1/s1. The van der Waals surface area contributed by atoms with Gasteiger partial charge in [0.25, 0.3) is 0 Å². The maximum Gasteiger partial charge on any atom is 0.247 e. The highest BCUT2D eigenvalue weighted by Crippen LogP contribution is 2.40. The van der Waals surface area contributed by atoms with Crippen LogP contribution in [-0.2, 0) is 9.59 Å². The summed E-state index contributed by atoms with van der Waals surface area (Å²) in [7, 11) is 4.60. The van der Waals surface area contributed by atoms with Gasteiger partial charge in [-0.3, -0.25) is 9.59 Å². The fraction of sp³-hybridized carbons (Fsp3) is 0.636. The molecule has 1 heterocycles. The zero-order valence-corrected chi connectivity index (χ0v) is 17.8. The highest BCUT2D eigenvalue weighted by Gasteiger charge is 2.38. The third-order valence-electron chi connectivity index (χ3n) is 6.14. The lowest BCUT2D eigenvalue weighted by atomic mass is 9.82. The Morgan fingerprint density at radius 1 is 0.966 bits per heavy atom. The number of anilines is 1. The zero-order valence-electron chi connectivity index (χ0n) is 17.8. The van der Waals surface area contributed by atoms with E-state index in [0.717, 1.165) is 32.1 Å². The Bertz CT molecular complexity index is 718. The fourth-order valence-electron chi connectivity index (χ4n) is 4.42. The number of carbonyl (C=O) groups excluding carboxylic acids is 2. The van der Waals surface area contributed by atoms with Gasteiger partial charge < -0.3 is 24.4 Å². The monoisotopic (exact) mass is 404 g/mol. The van der Waals surface area contributed by atoms with Gasteiger partial charge in [-0.2, -0.15) is 0 Å². The van der Waals surface area contributed by atoms with Crippen LogP contribution < -0.4 is 19.5 Å². The lowest BCUT2D eigenvalue weighted by Crippen LogP contribution is -2.46. The molecule has 1 aromatic rings. The maximum absolute atomic E-state index is 13.0. The molecule has 7 nitrogen and oxygen atoms in total. The number of rotatable bonds is 6. The van der Waals surface area contributed by atoms with E-state index in [2.05, 4.69) is 12.2 Å². The summed E-state index contributed by atoms with van der Waals surface area (Å²) in [6.07, 6.45) is 5.57. The van der Waals surface area contributed by atoms with Crippen LogP contribution in [0.15, 0.2) is 12.1 Å². The normalized spacial score (nSPS) is 24.1. The molecule has 1 aliphatic carbocycles. The highest BCUT2D eigenvalue weighted by molar-refractivity contribution is 5.98. The minimum absolute atomic E-state index is 0.0563. The van der Waals surface area contributed by atoms with Crippen molar-refractivity contribution in [3.05, 3.63) is 12.1 Å². The number of nitrogens with one attached hydrogen (secondary N) is 1. The van der Waals surface area contributed by atoms with E-state index in [1.807, 2.05) is 0 Å². The summed E-state index contributed by atoms with van der Waals surface area (Å²) in [5.74, 6) is 2.12. The number of ether oxygens (including phenoxy) is 3. The first-order valence-electron chi connectivity index (χ1n) is 10.4. The molecule has 1 saturated heterocycles. The van der Waals surface area contributed by atoms with Crippen LogP contribution in [0.1, 0.15) is 45.4 Å². The molecule has 1 N–H and O–H groups in total. The summed E-state index contributed by atoms with van der Waals surface area (Å²) in [6.45, 7) is 2.89. The van der Waals surface area contributed by atoms with Crippen LogP contribution in [0.3, 0.4) is 0 Å². The van der Waals surface area contributed by atoms with Gasteiger partial charge in [-0.1, -0.05) is 6.92 Å². The molecular weight excluding hydrogens is 372 g/mol. The van der Waals surface area contributed by atoms with Gasteiger partial charge in [0.05, 0.1) is 21.3 Å². The molecule has 0 bridgehead atoms. The summed E-state index contributed by atoms with van der Waals surface area (Å²) in [4.78, 5) is 27.8. The number of nitrogens with zero attached hydrogens (tertiary/aromatic N) is 1. The number of likely N-dealkylation sites (tertiary alicyclic amines) is 1. The predicted octanol–water partition coefficient (Wildman–Crippen LogP) is 3.47. The van der Waals surface area contributed by atoms with E-state index in [4.69, 9.17) is 14.2 Å². The van der Waals surface area contributed by atoms with Gasteiger partial charge in [0.15, 0.2) is 11.5 Å². The van der Waals surface area contributed by atoms with E-state index in [1.165, 1.54) is 21.3 Å². The largest absolute Gasteiger partial charge is 0.493 e. The fourth-order valence-corrected chi connectivity index (χ4v) is 4.42. The van der Waals surface area contributed by atoms with Gasteiger partial charge in [-0.15, -0.1) is 0 Å². The van der Waals surface area contributed by atoms with Gasteiger partial charge in [-0.05, 0) is 44.4 Å². The predicted molar refractivity (Wildman–Crippen MR) is 111 cm³/mol. The molecule has 2 amide bonds. The van der Waals surface area contributed by atoms with E-state index < -0.39 is 6.04 Å². The molecule has 1 atom stereocenters. The van der Waals surface area contributed by atoms with Crippen molar-refractivity contribution >= 4 is 17.5 Å². The molecule has 0 unspecified atom stereocenters. The number of carbonyl (C=O) groups is 2. The van der Waals surface area contributed by atoms with Crippen molar-refractivity contribution in [2.45, 2.75) is 51.5 Å². The van der Waals surface area contributed by atoms with Crippen molar-refractivity contribution in [3.8, 4) is 17.2 Å². The molecule has 2 aliphatic rings. The van der Waals surface area contributed by atoms with Crippen LogP contribution in [0.5, 0.6) is 17.2 Å². The molecule has 1 aliphatic heterocycles. The van der Waals surface area contributed by atoms with Crippen molar-refractivity contribution in [2.24, 2.45) is 11.8 Å². The van der Waals surface area contributed by atoms with E-state index in [1.54, 1.807) is 17.0 Å². The van der Waals surface area contributed by atoms with Crippen LogP contribution in [0.2, 0.25) is 0 Å². The van der Waals surface area contributed by atoms with Crippen molar-refractivity contribution in [2.75, 3.05) is 33.2 Å². The second-order valence-corrected chi connectivity index (χ2v) is 8.05. The number of hydrogen-bond acceptors (Lipinski definition) is 5. The maximum atomic E-state index is 13.0. The van der Waals surface area contributed by atoms with E-state index >= 15 is 0 Å². The second-order valence-electron chi connectivity index (χ2n) is 8.05. The summed E-state index contributed by atoms with van der Waals surface area (Å²) in [5.41, 5.74) is 0.551. The molecular formula is C22H32N2O5. The van der Waals surface area contributed by atoms with Crippen LogP contribution in [0.4, 0.5) is 5.69 Å². The van der Waals surface area contributed by atoms with Crippen LogP contribution >= 0.6 is 0 Å². The summed E-state index contributed by atoms with van der Waals surface area (Å²) < 4.78 is 16.0. The smallest absolute Gasteiger partial charge is 0.247 e. The quantitative estimate of drug-likeness (QED) is 0.786. The van der Waals surface area contributed by atoms with Gasteiger partial charge in [0, 0.05) is 30.3 Å². The Kier molecular flexibility index (Phi) is 6.87. The first-order valence-corrected chi connectivity index (χ1v) is 10.4. The van der Waals surface area contributed by atoms with Crippen LogP contribution in [0.25, 0.3) is 0 Å². The van der Waals surface area contributed by atoms with Gasteiger partial charge in [-0.25, -0.2) is 0 Å². The Labute approximate surface area is 172 Å². The highest BCUT2D eigenvalue weighted by atomic mass is 16.5. The second kappa shape index (κ2) is 9.37. The first-order chi connectivity index (χ1) is 14.0. The van der Waals surface area contributed by atoms with Crippen LogP contribution in [-0.4, -0.2) is 50.6 Å². The van der Waals surface area contributed by atoms with Crippen molar-refractivity contribution in [3.63, 3.8) is 0 Å². The summed E-state index contributed by atoms with van der Waals surface area (Å²) in [5, 5.41) is 2.93. The number of hydrogen-bond donors (Lipinski definition) is 1. The van der Waals surface area contributed by atoms with Crippen molar-refractivity contribution in [1.29, 1.82) is 0 Å². The molecule has 7 heteroatoms. The molecule has 1 aromatic carbocycles. The Balaban J connectivity index is 1.72. The first kappa shape index (κ1) is 21.3.